The van der Waals surface area contributed by atoms with E-state index in [1.54, 1.807) is 16.3 Å². The van der Waals surface area contributed by atoms with Crippen LogP contribution in [-0.2, 0) is 18.7 Å². The van der Waals surface area contributed by atoms with Crippen LogP contribution < -0.4 is 5.56 Å². The highest BCUT2D eigenvalue weighted by Gasteiger charge is 2.17. The lowest BCUT2D eigenvalue weighted by molar-refractivity contribution is 0.678. The van der Waals surface area contributed by atoms with Crippen molar-refractivity contribution in [3.8, 4) is 0 Å². The Bertz CT molecular complexity index is 1390. The van der Waals surface area contributed by atoms with E-state index in [4.69, 9.17) is 0 Å². The number of hydrogen-bond donors (Lipinski definition) is 0. The minimum Gasteiger partial charge on any atom is -0.275 e. The lowest BCUT2D eigenvalue weighted by Gasteiger charge is -2.09. The molecule has 0 aliphatic rings. The molecule has 3 aromatic heterocycles. The maximum atomic E-state index is 13.1. The van der Waals surface area contributed by atoms with E-state index in [0.29, 0.717) is 12.3 Å². The Balaban J connectivity index is 1.54. The number of thiophene rings is 1. The van der Waals surface area contributed by atoms with E-state index in [9.17, 15) is 4.79 Å². The van der Waals surface area contributed by atoms with Crippen LogP contribution in [0.1, 0.15) is 11.1 Å². The standard InChI is InChI=1S/C22H17BrN4OS2/c23-17-8-4-7-16(13-17)14-30-22-25-24-21-26(11-9-15-5-2-1-3-6-15)20(28)19-18(27(21)22)10-12-29-19/h1-8,10,12-13H,9,11,14H2. The van der Waals surface area contributed by atoms with Crippen molar-refractivity contribution in [3.63, 3.8) is 0 Å². The number of halogens is 1. The summed E-state index contributed by atoms with van der Waals surface area (Å²) < 4.78 is 5.56. The summed E-state index contributed by atoms with van der Waals surface area (Å²) >= 11 is 6.61. The van der Waals surface area contributed by atoms with Gasteiger partial charge in [-0.1, -0.05) is 70.2 Å². The molecule has 0 unspecified atom stereocenters. The number of aryl methyl sites for hydroxylation is 2. The summed E-state index contributed by atoms with van der Waals surface area (Å²) in [7, 11) is 0. The summed E-state index contributed by atoms with van der Waals surface area (Å²) in [6, 6.07) is 20.4. The molecule has 0 aliphatic carbocycles. The lowest BCUT2D eigenvalue weighted by Crippen LogP contribution is -2.23. The molecular weight excluding hydrogens is 480 g/mol. The van der Waals surface area contributed by atoms with Crippen LogP contribution >= 0.6 is 39.0 Å². The van der Waals surface area contributed by atoms with Crippen LogP contribution in [0.4, 0.5) is 0 Å². The molecule has 2 aromatic carbocycles. The highest BCUT2D eigenvalue weighted by molar-refractivity contribution is 9.10. The van der Waals surface area contributed by atoms with E-state index >= 15 is 0 Å². The second kappa shape index (κ2) is 8.37. The van der Waals surface area contributed by atoms with Crippen molar-refractivity contribution in [2.75, 3.05) is 0 Å². The Morgan fingerprint density at radius 1 is 1.00 bits per heavy atom. The van der Waals surface area contributed by atoms with Crippen molar-refractivity contribution in [3.05, 3.63) is 92.0 Å². The zero-order valence-corrected chi connectivity index (χ0v) is 19.1. The van der Waals surface area contributed by atoms with Gasteiger partial charge < -0.3 is 0 Å². The fourth-order valence-corrected chi connectivity index (χ4v) is 5.61. The Morgan fingerprint density at radius 3 is 2.67 bits per heavy atom. The lowest BCUT2D eigenvalue weighted by atomic mass is 10.1. The number of aromatic nitrogens is 4. The van der Waals surface area contributed by atoms with Crippen molar-refractivity contribution >= 4 is 55.0 Å². The summed E-state index contributed by atoms with van der Waals surface area (Å²) in [4.78, 5) is 13.1. The van der Waals surface area contributed by atoms with Crippen molar-refractivity contribution < 1.29 is 0 Å². The molecule has 0 N–H and O–H groups in total. The molecule has 8 heteroatoms. The monoisotopic (exact) mass is 496 g/mol. The third kappa shape index (κ3) is 3.71. The first-order chi connectivity index (χ1) is 14.7. The number of rotatable bonds is 6. The third-order valence-electron chi connectivity index (χ3n) is 4.91. The Morgan fingerprint density at radius 2 is 1.83 bits per heavy atom. The largest absolute Gasteiger partial charge is 0.275 e. The predicted octanol–water partition coefficient (Wildman–Crippen LogP) is 5.40. The molecule has 5 nitrogen and oxygen atoms in total. The molecule has 5 aromatic rings. The van der Waals surface area contributed by atoms with Crippen molar-refractivity contribution in [1.82, 2.24) is 19.2 Å². The second-order valence-electron chi connectivity index (χ2n) is 6.86. The van der Waals surface area contributed by atoms with Gasteiger partial charge in [-0.15, -0.1) is 21.5 Å². The molecule has 0 saturated heterocycles. The van der Waals surface area contributed by atoms with Gasteiger partial charge in [-0.25, -0.2) is 0 Å². The first kappa shape index (κ1) is 19.5. The predicted molar refractivity (Wildman–Crippen MR) is 126 cm³/mol. The van der Waals surface area contributed by atoms with Crippen LogP contribution in [0.3, 0.4) is 0 Å². The summed E-state index contributed by atoms with van der Waals surface area (Å²) in [5, 5.41) is 11.6. The number of hydrogen-bond acceptors (Lipinski definition) is 5. The van der Waals surface area contributed by atoms with Gasteiger partial charge in [0.1, 0.15) is 4.70 Å². The second-order valence-corrected chi connectivity index (χ2v) is 9.64. The smallest absolute Gasteiger partial charge is 0.272 e. The third-order valence-corrected chi connectivity index (χ3v) is 7.29. The Hall–Kier alpha value is -2.42. The Labute approximate surface area is 189 Å². The molecule has 0 radical (unpaired) electrons. The molecule has 30 heavy (non-hydrogen) atoms. The summed E-state index contributed by atoms with van der Waals surface area (Å²) in [5.74, 6) is 1.37. The molecule has 0 saturated carbocycles. The fraction of sp³-hybridized carbons (Fsp3) is 0.136. The average Bonchev–Trinajstić information content (AvgIpc) is 3.40. The van der Waals surface area contributed by atoms with Crippen LogP contribution in [0.15, 0.2) is 80.5 Å². The highest BCUT2D eigenvalue weighted by atomic mass is 79.9. The van der Waals surface area contributed by atoms with E-state index in [1.165, 1.54) is 22.5 Å². The van der Waals surface area contributed by atoms with E-state index in [-0.39, 0.29) is 5.56 Å². The van der Waals surface area contributed by atoms with Crippen molar-refractivity contribution in [1.29, 1.82) is 0 Å². The summed E-state index contributed by atoms with van der Waals surface area (Å²) in [6.45, 7) is 0.564. The highest BCUT2D eigenvalue weighted by Crippen LogP contribution is 2.27. The normalized spacial score (nSPS) is 11.5. The molecule has 150 valence electrons. The van der Waals surface area contributed by atoms with E-state index in [2.05, 4.69) is 50.4 Å². The fourth-order valence-electron chi connectivity index (χ4n) is 3.46. The first-order valence-corrected chi connectivity index (χ1v) is 12.1. The first-order valence-electron chi connectivity index (χ1n) is 9.47. The van der Waals surface area contributed by atoms with E-state index < -0.39 is 0 Å². The molecular formula is C22H17BrN4OS2. The quantitative estimate of drug-likeness (QED) is 0.295. The van der Waals surface area contributed by atoms with Gasteiger partial charge in [0.05, 0.1) is 5.52 Å². The van der Waals surface area contributed by atoms with Gasteiger partial charge in [0.25, 0.3) is 5.56 Å². The maximum Gasteiger partial charge on any atom is 0.272 e. The molecule has 0 atom stereocenters. The van der Waals surface area contributed by atoms with Gasteiger partial charge in [0.2, 0.25) is 5.78 Å². The van der Waals surface area contributed by atoms with Crippen LogP contribution in [0.25, 0.3) is 16.0 Å². The van der Waals surface area contributed by atoms with Gasteiger partial charge in [0.15, 0.2) is 5.16 Å². The average molecular weight is 497 g/mol. The van der Waals surface area contributed by atoms with Gasteiger partial charge in [-0.3, -0.25) is 13.8 Å². The minimum absolute atomic E-state index is 0.000582. The number of thioether (sulfide) groups is 1. The number of fused-ring (bicyclic) bond motifs is 3. The van der Waals surface area contributed by atoms with Crippen LogP contribution in [-0.4, -0.2) is 19.2 Å². The van der Waals surface area contributed by atoms with Crippen LogP contribution in [0.2, 0.25) is 0 Å². The molecule has 0 fully saturated rings. The van der Waals surface area contributed by atoms with Crippen molar-refractivity contribution in [2.45, 2.75) is 23.9 Å². The zero-order chi connectivity index (χ0) is 20.5. The van der Waals surface area contributed by atoms with Gasteiger partial charge in [0, 0.05) is 16.8 Å². The van der Waals surface area contributed by atoms with Gasteiger partial charge >= 0.3 is 0 Å². The van der Waals surface area contributed by atoms with E-state index in [1.807, 2.05) is 46.2 Å². The minimum atomic E-state index is -0.000582. The Kier molecular flexibility index (Phi) is 5.45. The number of nitrogens with zero attached hydrogens (tertiary/aromatic N) is 4. The zero-order valence-electron chi connectivity index (χ0n) is 15.9. The molecule has 3 heterocycles. The molecule has 0 bridgehead atoms. The molecule has 0 amide bonds. The maximum absolute atomic E-state index is 13.1. The number of benzene rings is 2. The molecule has 0 aliphatic heterocycles. The summed E-state index contributed by atoms with van der Waals surface area (Å²) in [5.41, 5.74) is 3.26. The topological polar surface area (TPSA) is 52.2 Å². The summed E-state index contributed by atoms with van der Waals surface area (Å²) in [6.07, 6.45) is 0.765. The molecule has 0 spiro atoms. The SMILES string of the molecule is O=c1c2sccc2n2c(SCc3cccc(Br)c3)nnc2n1CCc1ccccc1. The van der Waals surface area contributed by atoms with Crippen molar-refractivity contribution in [2.24, 2.45) is 0 Å². The van der Waals surface area contributed by atoms with E-state index in [0.717, 1.165) is 32.0 Å². The van der Waals surface area contributed by atoms with Gasteiger partial charge in [-0.05, 0) is 41.1 Å². The van der Waals surface area contributed by atoms with Crippen LogP contribution in [0, 0.1) is 0 Å². The van der Waals surface area contributed by atoms with Gasteiger partial charge in [-0.2, -0.15) is 0 Å². The van der Waals surface area contributed by atoms with Crippen LogP contribution in [0.5, 0.6) is 0 Å². The molecule has 5 rings (SSSR count).